The second-order valence-electron chi connectivity index (χ2n) is 6.35. The highest BCUT2D eigenvalue weighted by Gasteiger charge is 2.28. The molecule has 0 bridgehead atoms. The van der Waals surface area contributed by atoms with Gasteiger partial charge in [-0.05, 0) is 35.9 Å². The van der Waals surface area contributed by atoms with Crippen molar-refractivity contribution in [1.29, 1.82) is 0 Å². The third kappa shape index (κ3) is 2.58. The number of allylic oxidation sites excluding steroid dienone is 1. The molecule has 0 spiro atoms. The van der Waals surface area contributed by atoms with E-state index in [1.807, 2.05) is 6.07 Å². The third-order valence-electron chi connectivity index (χ3n) is 4.77. The third-order valence-corrected chi connectivity index (χ3v) is 4.77. The van der Waals surface area contributed by atoms with Crippen LogP contribution in [0.1, 0.15) is 24.6 Å². The number of esters is 1. The normalized spacial score (nSPS) is 18.0. The van der Waals surface area contributed by atoms with Gasteiger partial charge in [0.2, 0.25) is 6.79 Å². The van der Waals surface area contributed by atoms with Gasteiger partial charge in [-0.3, -0.25) is 9.59 Å². The fraction of sp³-hybridized carbons (Fsp3) is 0.368. The molecule has 1 atom stereocenters. The minimum Gasteiger partial charge on any atom is -0.462 e. The van der Waals surface area contributed by atoms with Crippen molar-refractivity contribution in [3.63, 3.8) is 0 Å². The molecule has 1 aliphatic heterocycles. The van der Waals surface area contributed by atoms with Gasteiger partial charge in [0.1, 0.15) is 6.10 Å². The lowest BCUT2D eigenvalue weighted by molar-refractivity contribution is -0.146. The average molecular weight is 341 g/mol. The van der Waals surface area contributed by atoms with Crippen molar-refractivity contribution in [3.8, 4) is 11.5 Å². The second-order valence-corrected chi connectivity index (χ2v) is 6.35. The predicted octanol–water partition coefficient (Wildman–Crippen LogP) is 2.34. The Morgan fingerprint density at radius 2 is 2.08 bits per heavy atom. The van der Waals surface area contributed by atoms with Gasteiger partial charge in [-0.25, -0.2) is 0 Å². The lowest BCUT2D eigenvalue weighted by Crippen LogP contribution is -2.32. The molecule has 1 aromatic heterocycles. The molecule has 0 fully saturated rings. The minimum atomic E-state index is -0.283. The predicted molar refractivity (Wildman–Crippen MR) is 92.1 cm³/mol. The number of rotatable bonds is 3. The van der Waals surface area contributed by atoms with Crippen LogP contribution in [-0.4, -0.2) is 23.4 Å². The molecular weight excluding hydrogens is 322 g/mol. The number of ether oxygens (including phenoxy) is 3. The number of nitrogens with zero attached hydrogens (tertiary/aromatic N) is 1. The largest absolute Gasteiger partial charge is 0.462 e. The van der Waals surface area contributed by atoms with E-state index in [2.05, 4.69) is 6.58 Å². The number of pyridine rings is 1. The van der Waals surface area contributed by atoms with E-state index in [-0.39, 0.29) is 24.4 Å². The Balaban J connectivity index is 1.95. The zero-order valence-corrected chi connectivity index (χ0v) is 14.0. The summed E-state index contributed by atoms with van der Waals surface area (Å²) < 4.78 is 18.1. The van der Waals surface area contributed by atoms with Crippen LogP contribution in [0.15, 0.2) is 29.6 Å². The van der Waals surface area contributed by atoms with Gasteiger partial charge in [0, 0.05) is 25.6 Å². The molecule has 0 saturated heterocycles. The molecule has 25 heavy (non-hydrogen) atoms. The Hall–Kier alpha value is -2.76. The van der Waals surface area contributed by atoms with E-state index >= 15 is 0 Å². The first-order valence-electron chi connectivity index (χ1n) is 8.34. The van der Waals surface area contributed by atoms with Gasteiger partial charge in [0.05, 0.1) is 5.39 Å². The van der Waals surface area contributed by atoms with Crippen molar-refractivity contribution in [2.24, 2.45) is 0 Å². The van der Waals surface area contributed by atoms with Crippen LogP contribution in [0.3, 0.4) is 0 Å². The summed E-state index contributed by atoms with van der Waals surface area (Å²) in [4.78, 5) is 24.3. The molecule has 0 radical (unpaired) electrons. The summed E-state index contributed by atoms with van der Waals surface area (Å²) in [5.74, 6) is 0.946. The van der Waals surface area contributed by atoms with Gasteiger partial charge < -0.3 is 18.8 Å². The maximum Gasteiger partial charge on any atom is 0.302 e. The Morgan fingerprint density at radius 1 is 1.36 bits per heavy atom. The second kappa shape index (κ2) is 5.95. The summed E-state index contributed by atoms with van der Waals surface area (Å²) in [7, 11) is 0. The highest BCUT2D eigenvalue weighted by molar-refractivity contribution is 5.89. The molecule has 130 valence electrons. The number of carbonyl (C=O) groups excluding carboxylic acids is 1. The Morgan fingerprint density at radius 3 is 2.76 bits per heavy atom. The molecule has 1 aliphatic carbocycles. The molecule has 1 unspecified atom stereocenters. The first kappa shape index (κ1) is 15.7. The number of carbonyl (C=O) groups is 1. The van der Waals surface area contributed by atoms with E-state index in [0.29, 0.717) is 42.7 Å². The molecule has 2 aliphatic rings. The fourth-order valence-electron chi connectivity index (χ4n) is 3.75. The molecule has 6 heteroatoms. The number of hydrogen-bond acceptors (Lipinski definition) is 5. The maximum absolute atomic E-state index is 13.0. The molecule has 4 rings (SSSR count). The summed E-state index contributed by atoms with van der Waals surface area (Å²) >= 11 is 0. The Kier molecular flexibility index (Phi) is 3.75. The standard InChI is InChI=1S/C19H19NO5/c1-3-6-20-16-5-4-12(25-11(2)21)7-14(16)13-8-17-18(24-10-23-17)9-15(13)19(20)22/h3,8-9,12H,1,4-7,10H2,2H3. The van der Waals surface area contributed by atoms with Crippen LogP contribution < -0.4 is 15.0 Å². The molecule has 6 nitrogen and oxygen atoms in total. The van der Waals surface area contributed by atoms with Crippen molar-refractivity contribution in [2.45, 2.75) is 38.8 Å². The van der Waals surface area contributed by atoms with E-state index in [0.717, 1.165) is 16.6 Å². The van der Waals surface area contributed by atoms with Crippen molar-refractivity contribution in [3.05, 3.63) is 46.4 Å². The van der Waals surface area contributed by atoms with Gasteiger partial charge in [0.15, 0.2) is 11.5 Å². The first-order chi connectivity index (χ1) is 12.1. The van der Waals surface area contributed by atoms with Gasteiger partial charge in [-0.2, -0.15) is 0 Å². The van der Waals surface area contributed by atoms with Gasteiger partial charge in [-0.15, -0.1) is 6.58 Å². The van der Waals surface area contributed by atoms with E-state index in [1.54, 1.807) is 16.7 Å². The fourth-order valence-corrected chi connectivity index (χ4v) is 3.75. The monoisotopic (exact) mass is 341 g/mol. The number of aromatic nitrogens is 1. The zero-order valence-electron chi connectivity index (χ0n) is 14.0. The van der Waals surface area contributed by atoms with Crippen LogP contribution in [0.25, 0.3) is 10.8 Å². The summed E-state index contributed by atoms with van der Waals surface area (Å²) in [6.07, 6.45) is 3.52. The topological polar surface area (TPSA) is 66.8 Å². The molecule has 1 aromatic carbocycles. The first-order valence-corrected chi connectivity index (χ1v) is 8.34. The lowest BCUT2D eigenvalue weighted by Gasteiger charge is -2.28. The summed E-state index contributed by atoms with van der Waals surface area (Å²) in [5, 5.41) is 1.44. The summed E-state index contributed by atoms with van der Waals surface area (Å²) in [6, 6.07) is 3.61. The zero-order chi connectivity index (χ0) is 17.6. The van der Waals surface area contributed by atoms with Crippen molar-refractivity contribution in [1.82, 2.24) is 4.57 Å². The van der Waals surface area contributed by atoms with Crippen LogP contribution in [0.4, 0.5) is 0 Å². The molecular formula is C19H19NO5. The van der Waals surface area contributed by atoms with E-state index in [9.17, 15) is 9.59 Å². The Labute approximate surface area is 144 Å². The SMILES string of the molecule is C=CCn1c2c(c3cc4c(cc3c1=O)OCO4)CC(OC(C)=O)CC2. The van der Waals surface area contributed by atoms with Gasteiger partial charge >= 0.3 is 5.97 Å². The molecule has 2 heterocycles. The van der Waals surface area contributed by atoms with Crippen LogP contribution in [-0.2, 0) is 28.9 Å². The van der Waals surface area contributed by atoms with Gasteiger partial charge in [-0.1, -0.05) is 6.08 Å². The van der Waals surface area contributed by atoms with E-state index < -0.39 is 0 Å². The van der Waals surface area contributed by atoms with Crippen LogP contribution in [0.2, 0.25) is 0 Å². The highest BCUT2D eigenvalue weighted by atomic mass is 16.7. The van der Waals surface area contributed by atoms with Gasteiger partial charge in [0.25, 0.3) is 5.56 Å². The van der Waals surface area contributed by atoms with E-state index in [1.165, 1.54) is 6.92 Å². The van der Waals surface area contributed by atoms with Crippen molar-refractivity contribution >= 4 is 16.7 Å². The van der Waals surface area contributed by atoms with Crippen LogP contribution in [0, 0.1) is 0 Å². The average Bonchev–Trinajstić information content (AvgIpc) is 3.04. The molecule has 0 amide bonds. The lowest BCUT2D eigenvalue weighted by atomic mass is 9.89. The number of fused-ring (bicyclic) bond motifs is 4. The van der Waals surface area contributed by atoms with Crippen molar-refractivity contribution in [2.75, 3.05) is 6.79 Å². The highest BCUT2D eigenvalue weighted by Crippen LogP contribution is 2.38. The van der Waals surface area contributed by atoms with Crippen LogP contribution >= 0.6 is 0 Å². The maximum atomic E-state index is 13.0. The molecule has 0 saturated carbocycles. The Bertz CT molecular complexity index is 943. The smallest absolute Gasteiger partial charge is 0.302 e. The summed E-state index contributed by atoms with van der Waals surface area (Å²) in [6.45, 7) is 5.79. The van der Waals surface area contributed by atoms with Crippen LogP contribution in [0.5, 0.6) is 11.5 Å². The van der Waals surface area contributed by atoms with E-state index in [4.69, 9.17) is 14.2 Å². The quantitative estimate of drug-likeness (QED) is 0.633. The number of benzene rings is 1. The molecule has 2 aromatic rings. The summed E-state index contributed by atoms with van der Waals surface area (Å²) in [5.41, 5.74) is 1.96. The van der Waals surface area contributed by atoms with Crippen molar-refractivity contribution < 1.29 is 19.0 Å². The number of hydrogen-bond donors (Lipinski definition) is 0. The minimum absolute atomic E-state index is 0.0575. The molecule has 0 N–H and O–H groups in total.